The summed E-state index contributed by atoms with van der Waals surface area (Å²) in [6.07, 6.45) is 6.55. The monoisotopic (exact) mass is 577 g/mol. The number of hydrogen-bond donors (Lipinski definition) is 1. The summed E-state index contributed by atoms with van der Waals surface area (Å²) in [4.78, 5) is 52.6. The minimum absolute atomic E-state index is 0.0545. The van der Waals surface area contributed by atoms with E-state index >= 15 is 0 Å². The molecule has 3 aromatic rings. The van der Waals surface area contributed by atoms with Crippen LogP contribution in [0, 0.1) is 12.3 Å². The second kappa shape index (κ2) is 12.0. The van der Waals surface area contributed by atoms with Gasteiger partial charge in [-0.3, -0.25) is 19.0 Å². The zero-order valence-electron chi connectivity index (χ0n) is 21.4. The first-order chi connectivity index (χ1) is 18.2. The van der Waals surface area contributed by atoms with Crippen molar-refractivity contribution in [3.05, 3.63) is 40.4 Å². The van der Waals surface area contributed by atoms with Crippen molar-refractivity contribution in [1.82, 2.24) is 19.5 Å². The Morgan fingerprint density at radius 2 is 1.92 bits per heavy atom. The molecule has 1 aliphatic rings. The highest BCUT2D eigenvalue weighted by Gasteiger charge is 2.52. The molecular weight excluding hydrogens is 549 g/mol. The molecule has 202 valence electrons. The maximum atomic E-state index is 13.8. The number of thioether (sulfide) groups is 1. The van der Waals surface area contributed by atoms with Crippen molar-refractivity contribution in [3.63, 3.8) is 0 Å². The average molecular weight is 579 g/mol. The number of nitrogens with one attached hydrogen (secondary N) is 1. The van der Waals surface area contributed by atoms with Gasteiger partial charge in [-0.25, -0.2) is 15.0 Å². The van der Waals surface area contributed by atoms with Crippen LogP contribution in [0.5, 0.6) is 0 Å². The van der Waals surface area contributed by atoms with Crippen LogP contribution < -0.4 is 5.32 Å². The third-order valence-corrected chi connectivity index (χ3v) is 8.42. The van der Waals surface area contributed by atoms with Gasteiger partial charge in [-0.1, -0.05) is 55.2 Å². The Labute approximate surface area is 235 Å². The van der Waals surface area contributed by atoms with Crippen molar-refractivity contribution in [2.45, 2.75) is 63.9 Å². The normalized spacial score (nSPS) is 14.8. The summed E-state index contributed by atoms with van der Waals surface area (Å²) in [5.74, 6) is -1.05. The van der Waals surface area contributed by atoms with Gasteiger partial charge in [-0.05, 0) is 50.3 Å². The molecule has 4 rings (SSSR count). The van der Waals surface area contributed by atoms with Crippen molar-refractivity contribution >= 4 is 69.5 Å². The minimum atomic E-state index is -1.22. The summed E-state index contributed by atoms with van der Waals surface area (Å²) < 4.78 is 6.69. The van der Waals surface area contributed by atoms with E-state index in [2.05, 4.69) is 20.3 Å². The first-order valence-electron chi connectivity index (χ1n) is 12.5. The number of ketones is 1. The lowest BCUT2D eigenvalue weighted by Gasteiger charge is -2.22. The summed E-state index contributed by atoms with van der Waals surface area (Å²) in [5, 5.41) is 4.00. The quantitative estimate of drug-likeness (QED) is 0.0941. The topological polar surface area (TPSA) is 116 Å². The third-order valence-electron chi connectivity index (χ3n) is 6.75. The average Bonchev–Trinajstić information content (AvgIpc) is 3.59. The Bertz CT molecular complexity index is 1380. The molecule has 2 aromatic heterocycles. The first kappa shape index (κ1) is 28.3. The van der Waals surface area contributed by atoms with Gasteiger partial charge < -0.3 is 10.1 Å². The standard InChI is InChI=1S/C26H29Cl2N5O4S/c1-4-6-9-37-19(34)12-38-25-20-23(29-13-30-25)33(14-31-20)21(22(35)26(5-2)7-8-26)24(36)32-18-10-15(3)16(27)11-17(18)28/h10-11,13-14,21H,4-9,12H2,1-3H3,(H,32,36). The maximum absolute atomic E-state index is 13.8. The second-order valence-corrected chi connectivity index (χ2v) is 11.1. The fourth-order valence-corrected chi connectivity index (χ4v) is 5.34. The van der Waals surface area contributed by atoms with Crippen LogP contribution in [-0.4, -0.2) is 49.5 Å². The Kier molecular flexibility index (Phi) is 8.95. The Morgan fingerprint density at radius 1 is 1.16 bits per heavy atom. The third kappa shape index (κ3) is 5.97. The maximum Gasteiger partial charge on any atom is 0.316 e. The molecule has 12 heteroatoms. The van der Waals surface area contributed by atoms with Gasteiger partial charge in [0, 0.05) is 10.4 Å². The number of nitrogens with zero attached hydrogens (tertiary/aromatic N) is 4. The van der Waals surface area contributed by atoms with Crippen LogP contribution in [0.2, 0.25) is 10.0 Å². The molecule has 1 unspecified atom stereocenters. The van der Waals surface area contributed by atoms with Crippen molar-refractivity contribution in [2.75, 3.05) is 17.7 Å². The fraction of sp³-hybridized carbons (Fsp3) is 0.462. The number of anilines is 1. The predicted octanol–water partition coefficient (Wildman–Crippen LogP) is 5.82. The van der Waals surface area contributed by atoms with E-state index in [1.165, 1.54) is 29.0 Å². The van der Waals surface area contributed by atoms with E-state index in [0.717, 1.165) is 31.2 Å². The molecule has 2 heterocycles. The number of benzene rings is 1. The van der Waals surface area contributed by atoms with Gasteiger partial charge in [0.15, 0.2) is 17.5 Å². The van der Waals surface area contributed by atoms with Crippen molar-refractivity contribution in [3.8, 4) is 0 Å². The molecule has 0 spiro atoms. The largest absolute Gasteiger partial charge is 0.465 e. The molecule has 1 amide bonds. The molecule has 9 nitrogen and oxygen atoms in total. The molecule has 1 aromatic carbocycles. The van der Waals surface area contributed by atoms with Crippen molar-refractivity contribution < 1.29 is 19.1 Å². The number of carbonyl (C=O) groups excluding carboxylic acids is 3. The molecule has 0 aliphatic heterocycles. The lowest BCUT2D eigenvalue weighted by atomic mass is 9.91. The number of amides is 1. The lowest BCUT2D eigenvalue weighted by molar-refractivity contribution is -0.140. The lowest BCUT2D eigenvalue weighted by Crippen LogP contribution is -2.36. The van der Waals surface area contributed by atoms with E-state index in [1.807, 2.05) is 13.8 Å². The summed E-state index contributed by atoms with van der Waals surface area (Å²) in [6.45, 7) is 6.14. The van der Waals surface area contributed by atoms with E-state index in [0.29, 0.717) is 39.9 Å². The van der Waals surface area contributed by atoms with E-state index in [9.17, 15) is 14.4 Å². The molecule has 1 fully saturated rings. The molecule has 0 saturated heterocycles. The number of Topliss-reactive ketones (excluding diaryl/α,β-unsaturated/α-hetero) is 1. The number of imidazole rings is 1. The highest BCUT2D eigenvalue weighted by molar-refractivity contribution is 8.00. The zero-order chi connectivity index (χ0) is 27.4. The van der Waals surface area contributed by atoms with E-state index in [-0.39, 0.29) is 22.5 Å². The molecule has 0 bridgehead atoms. The number of rotatable bonds is 12. The van der Waals surface area contributed by atoms with Crippen molar-refractivity contribution in [1.29, 1.82) is 0 Å². The van der Waals surface area contributed by atoms with Crippen LogP contribution in [-0.2, 0) is 19.1 Å². The number of unbranched alkanes of at least 4 members (excludes halogenated alkanes) is 1. The van der Waals surface area contributed by atoms with Gasteiger partial charge in [-0.2, -0.15) is 0 Å². The Balaban J connectivity index is 1.65. The number of aromatic nitrogens is 4. The van der Waals surface area contributed by atoms with Crippen LogP contribution in [0.25, 0.3) is 11.2 Å². The van der Waals surface area contributed by atoms with E-state index < -0.39 is 17.4 Å². The van der Waals surface area contributed by atoms with E-state index in [1.54, 1.807) is 19.1 Å². The van der Waals surface area contributed by atoms with Crippen molar-refractivity contribution in [2.24, 2.45) is 5.41 Å². The minimum Gasteiger partial charge on any atom is -0.465 e. The van der Waals surface area contributed by atoms with Gasteiger partial charge in [0.25, 0.3) is 5.91 Å². The molecule has 0 radical (unpaired) electrons. The fourth-order valence-electron chi connectivity index (χ4n) is 4.17. The zero-order valence-corrected chi connectivity index (χ0v) is 23.8. The highest BCUT2D eigenvalue weighted by Crippen LogP contribution is 2.52. The number of fused-ring (bicyclic) bond motifs is 1. The smallest absolute Gasteiger partial charge is 0.316 e. The van der Waals surface area contributed by atoms with Gasteiger partial charge in [0.2, 0.25) is 0 Å². The molecule has 1 saturated carbocycles. The highest BCUT2D eigenvalue weighted by atomic mass is 35.5. The molecule has 1 aliphatic carbocycles. The van der Waals surface area contributed by atoms with Crippen LogP contribution in [0.1, 0.15) is 57.6 Å². The van der Waals surface area contributed by atoms with Crippen LogP contribution in [0.15, 0.2) is 29.8 Å². The summed E-state index contributed by atoms with van der Waals surface area (Å²) >= 11 is 13.7. The number of halogens is 2. The summed E-state index contributed by atoms with van der Waals surface area (Å²) in [7, 11) is 0. The summed E-state index contributed by atoms with van der Waals surface area (Å²) in [5.41, 5.74) is 1.24. The molecule has 38 heavy (non-hydrogen) atoms. The number of esters is 1. The van der Waals surface area contributed by atoms with Crippen LogP contribution in [0.4, 0.5) is 5.69 Å². The van der Waals surface area contributed by atoms with Crippen LogP contribution in [0.3, 0.4) is 0 Å². The summed E-state index contributed by atoms with van der Waals surface area (Å²) in [6, 6.07) is 2.00. The van der Waals surface area contributed by atoms with Gasteiger partial charge in [0.05, 0.1) is 29.4 Å². The second-order valence-electron chi connectivity index (χ2n) is 9.34. The number of hydrogen-bond acceptors (Lipinski definition) is 8. The molecule has 1 N–H and O–H groups in total. The van der Waals surface area contributed by atoms with Gasteiger partial charge >= 0.3 is 5.97 Å². The van der Waals surface area contributed by atoms with Gasteiger partial charge in [0.1, 0.15) is 16.9 Å². The van der Waals surface area contributed by atoms with E-state index in [4.69, 9.17) is 27.9 Å². The van der Waals surface area contributed by atoms with Gasteiger partial charge in [-0.15, -0.1) is 0 Å². The Hall–Kier alpha value is -2.69. The Morgan fingerprint density at radius 3 is 2.61 bits per heavy atom. The number of ether oxygens (including phenoxy) is 1. The molecular formula is C26H29Cl2N5O4S. The molecule has 1 atom stereocenters. The number of aryl methyl sites for hydroxylation is 1. The van der Waals surface area contributed by atoms with Crippen LogP contribution >= 0.6 is 35.0 Å². The number of carbonyl (C=O) groups is 3. The predicted molar refractivity (Wildman–Crippen MR) is 148 cm³/mol. The first-order valence-corrected chi connectivity index (χ1v) is 14.2. The SMILES string of the molecule is CCCCOC(=O)CSc1ncnc2c1ncn2C(C(=O)Nc1cc(C)c(Cl)cc1Cl)C(=O)C1(CC)CC1.